The number of hydrogen-bond donors (Lipinski definition) is 2. The maximum absolute atomic E-state index is 12.6. The third-order valence-electron chi connectivity index (χ3n) is 5.06. The van der Waals surface area contributed by atoms with Gasteiger partial charge in [0.1, 0.15) is 9.75 Å². The summed E-state index contributed by atoms with van der Waals surface area (Å²) in [7, 11) is 0. The average molecular weight is 449 g/mol. The first-order chi connectivity index (χ1) is 14.1. The van der Waals surface area contributed by atoms with Gasteiger partial charge in [-0.2, -0.15) is 0 Å². The molecule has 1 saturated carbocycles. The van der Waals surface area contributed by atoms with Crippen LogP contribution in [0.25, 0.3) is 0 Å². The summed E-state index contributed by atoms with van der Waals surface area (Å²) in [6.07, 6.45) is 0.271. The molecule has 8 heteroatoms. The van der Waals surface area contributed by atoms with Crippen LogP contribution in [0, 0.1) is 12.3 Å². The number of benzene rings is 2. The molecule has 1 aliphatic rings. The van der Waals surface area contributed by atoms with Crippen molar-refractivity contribution in [1.29, 1.82) is 0 Å². The summed E-state index contributed by atoms with van der Waals surface area (Å²) in [5.74, 6) is -1.53. The van der Waals surface area contributed by atoms with Gasteiger partial charge in [0.05, 0.1) is 11.3 Å². The van der Waals surface area contributed by atoms with E-state index in [4.69, 9.17) is 27.9 Å². The van der Waals surface area contributed by atoms with E-state index in [9.17, 15) is 14.4 Å². The summed E-state index contributed by atoms with van der Waals surface area (Å²) < 4.78 is 3.87. The minimum Gasteiger partial charge on any atom is -0.455 e. The molecule has 0 radical (unpaired) electrons. The standard InChI is InChI=1S/C22H22Cl2N2O4/c1-14-7-9-15(10-8-14)11-25-19(28)16-5-3-4-6-17(16)26-18(27)12-30-20(29)21(2)13-22(21,23)24/h3-10H,11-13H2,1-2H3,(H,25,28)(H,26,27). The number of aryl methyl sites for hydroxylation is 1. The van der Waals surface area contributed by atoms with E-state index in [0.29, 0.717) is 17.8 Å². The van der Waals surface area contributed by atoms with Crippen molar-refractivity contribution in [2.24, 2.45) is 5.41 Å². The van der Waals surface area contributed by atoms with Crippen molar-refractivity contribution in [3.63, 3.8) is 0 Å². The lowest BCUT2D eigenvalue weighted by Gasteiger charge is -2.13. The lowest BCUT2D eigenvalue weighted by Crippen LogP contribution is -2.28. The van der Waals surface area contributed by atoms with E-state index >= 15 is 0 Å². The maximum atomic E-state index is 12.6. The molecule has 1 fully saturated rings. The Kier molecular flexibility index (Phi) is 6.38. The average Bonchev–Trinajstić information content (AvgIpc) is 3.24. The van der Waals surface area contributed by atoms with Crippen molar-refractivity contribution in [3.8, 4) is 0 Å². The smallest absolute Gasteiger partial charge is 0.315 e. The number of carbonyl (C=O) groups is 3. The lowest BCUT2D eigenvalue weighted by molar-refractivity contribution is -0.152. The van der Waals surface area contributed by atoms with E-state index in [1.165, 1.54) is 0 Å². The molecule has 1 aliphatic carbocycles. The van der Waals surface area contributed by atoms with Crippen LogP contribution in [-0.2, 0) is 20.9 Å². The van der Waals surface area contributed by atoms with Crippen LogP contribution in [0.15, 0.2) is 48.5 Å². The van der Waals surface area contributed by atoms with Gasteiger partial charge < -0.3 is 15.4 Å². The number of ether oxygens (including phenoxy) is 1. The van der Waals surface area contributed by atoms with Crippen molar-refractivity contribution in [2.75, 3.05) is 11.9 Å². The monoisotopic (exact) mass is 448 g/mol. The zero-order valence-corrected chi connectivity index (χ0v) is 18.1. The molecular formula is C22H22Cl2N2O4. The number of para-hydroxylation sites is 1. The molecule has 158 valence electrons. The Morgan fingerprint density at radius 1 is 1.07 bits per heavy atom. The molecule has 1 atom stereocenters. The van der Waals surface area contributed by atoms with Gasteiger partial charge in [-0.25, -0.2) is 0 Å². The Morgan fingerprint density at radius 3 is 2.33 bits per heavy atom. The van der Waals surface area contributed by atoms with Gasteiger partial charge in [-0.05, 0) is 31.5 Å². The van der Waals surface area contributed by atoms with Crippen LogP contribution in [0.4, 0.5) is 5.69 Å². The molecule has 6 nitrogen and oxygen atoms in total. The van der Waals surface area contributed by atoms with E-state index < -0.39 is 28.2 Å². The Bertz CT molecular complexity index is 975. The molecule has 1 unspecified atom stereocenters. The van der Waals surface area contributed by atoms with Gasteiger partial charge in [0.2, 0.25) is 0 Å². The molecule has 0 aromatic heterocycles. The molecule has 2 aromatic carbocycles. The molecule has 0 spiro atoms. The normalized spacial score (nSPS) is 18.9. The van der Waals surface area contributed by atoms with Gasteiger partial charge >= 0.3 is 5.97 Å². The van der Waals surface area contributed by atoms with Gasteiger partial charge in [-0.1, -0.05) is 42.0 Å². The van der Waals surface area contributed by atoms with Crippen LogP contribution in [0.1, 0.15) is 34.8 Å². The van der Waals surface area contributed by atoms with E-state index in [0.717, 1.165) is 11.1 Å². The first-order valence-electron chi connectivity index (χ1n) is 9.40. The van der Waals surface area contributed by atoms with Crippen molar-refractivity contribution in [2.45, 2.75) is 31.1 Å². The van der Waals surface area contributed by atoms with Crippen molar-refractivity contribution < 1.29 is 19.1 Å². The van der Waals surface area contributed by atoms with Crippen LogP contribution in [-0.4, -0.2) is 28.7 Å². The minimum atomic E-state index is -1.16. The van der Waals surface area contributed by atoms with Crippen LogP contribution in [0.3, 0.4) is 0 Å². The molecule has 2 aromatic rings. The van der Waals surface area contributed by atoms with Gasteiger partial charge in [-0.3, -0.25) is 14.4 Å². The molecule has 0 bridgehead atoms. The lowest BCUT2D eigenvalue weighted by atomic mass is 10.1. The van der Waals surface area contributed by atoms with E-state index in [1.54, 1.807) is 31.2 Å². The Morgan fingerprint density at radius 2 is 1.70 bits per heavy atom. The molecule has 2 amide bonds. The highest BCUT2D eigenvalue weighted by molar-refractivity contribution is 6.53. The summed E-state index contributed by atoms with van der Waals surface area (Å²) in [6.45, 7) is 3.43. The predicted molar refractivity (Wildman–Crippen MR) is 116 cm³/mol. The fourth-order valence-corrected chi connectivity index (χ4v) is 3.56. The number of amides is 2. The number of rotatable bonds is 7. The fourth-order valence-electron chi connectivity index (χ4n) is 2.87. The second-order valence-electron chi connectivity index (χ2n) is 7.55. The molecular weight excluding hydrogens is 427 g/mol. The highest BCUT2D eigenvalue weighted by Crippen LogP contribution is 2.64. The summed E-state index contributed by atoms with van der Waals surface area (Å²) in [6, 6.07) is 14.4. The SMILES string of the molecule is Cc1ccc(CNC(=O)c2ccccc2NC(=O)COC(=O)C2(C)CC2(Cl)Cl)cc1. The maximum Gasteiger partial charge on any atom is 0.315 e. The summed E-state index contributed by atoms with van der Waals surface area (Å²) in [5.41, 5.74) is 1.72. The highest BCUT2D eigenvalue weighted by atomic mass is 35.5. The van der Waals surface area contributed by atoms with Crippen LogP contribution < -0.4 is 10.6 Å². The molecule has 0 saturated heterocycles. The zero-order valence-electron chi connectivity index (χ0n) is 16.6. The Balaban J connectivity index is 1.56. The van der Waals surface area contributed by atoms with Gasteiger partial charge in [0.15, 0.2) is 6.61 Å². The van der Waals surface area contributed by atoms with Crippen LogP contribution in [0.2, 0.25) is 0 Å². The van der Waals surface area contributed by atoms with Crippen molar-refractivity contribution >= 4 is 46.7 Å². The quantitative estimate of drug-likeness (QED) is 0.495. The van der Waals surface area contributed by atoms with E-state index in [-0.39, 0.29) is 12.3 Å². The first kappa shape index (κ1) is 22.1. The summed E-state index contributed by atoms with van der Waals surface area (Å²) in [5, 5.41) is 5.43. The van der Waals surface area contributed by atoms with Crippen molar-refractivity contribution in [3.05, 3.63) is 65.2 Å². The number of anilines is 1. The van der Waals surface area contributed by atoms with Gasteiger partial charge in [0, 0.05) is 13.0 Å². The molecule has 3 rings (SSSR count). The number of nitrogens with one attached hydrogen (secondary N) is 2. The Labute approximate surface area is 184 Å². The summed E-state index contributed by atoms with van der Waals surface area (Å²) >= 11 is 11.9. The van der Waals surface area contributed by atoms with E-state index in [1.807, 2.05) is 31.2 Å². The van der Waals surface area contributed by atoms with Gasteiger partial charge in [0.25, 0.3) is 11.8 Å². The van der Waals surface area contributed by atoms with Gasteiger partial charge in [-0.15, -0.1) is 23.2 Å². The number of esters is 1. The number of carbonyl (C=O) groups excluding carboxylic acids is 3. The predicted octanol–water partition coefficient (Wildman–Crippen LogP) is 3.99. The fraction of sp³-hybridized carbons (Fsp3) is 0.318. The first-order valence-corrected chi connectivity index (χ1v) is 10.2. The number of hydrogen-bond acceptors (Lipinski definition) is 4. The van der Waals surface area contributed by atoms with Crippen LogP contribution in [0.5, 0.6) is 0 Å². The topological polar surface area (TPSA) is 84.5 Å². The largest absolute Gasteiger partial charge is 0.455 e. The van der Waals surface area contributed by atoms with Crippen molar-refractivity contribution in [1.82, 2.24) is 5.32 Å². The molecule has 0 heterocycles. The summed E-state index contributed by atoms with van der Waals surface area (Å²) in [4.78, 5) is 36.9. The number of halogens is 2. The molecule has 0 aliphatic heterocycles. The third kappa shape index (κ3) is 4.94. The third-order valence-corrected chi connectivity index (χ3v) is 6.16. The second-order valence-corrected chi connectivity index (χ2v) is 9.04. The molecule has 30 heavy (non-hydrogen) atoms. The Hall–Kier alpha value is -2.57. The zero-order chi connectivity index (χ0) is 21.9. The number of alkyl halides is 2. The van der Waals surface area contributed by atoms with Crippen LogP contribution >= 0.6 is 23.2 Å². The molecule has 2 N–H and O–H groups in total. The highest BCUT2D eigenvalue weighted by Gasteiger charge is 2.69. The van der Waals surface area contributed by atoms with E-state index in [2.05, 4.69) is 10.6 Å². The minimum absolute atomic E-state index is 0.271. The second kappa shape index (κ2) is 8.66.